The largest absolute Gasteiger partial charge is 0.444 e. The molecular weight excluding hydrogens is 296 g/mol. The summed E-state index contributed by atoms with van der Waals surface area (Å²) in [7, 11) is 0. The van der Waals surface area contributed by atoms with Crippen LogP contribution in [0.5, 0.6) is 0 Å². The van der Waals surface area contributed by atoms with Crippen LogP contribution in [-0.2, 0) is 9.53 Å². The summed E-state index contributed by atoms with van der Waals surface area (Å²) in [5.74, 6) is -0.565. The van der Waals surface area contributed by atoms with Gasteiger partial charge in [0.05, 0.1) is 11.7 Å². The van der Waals surface area contributed by atoms with Crippen molar-refractivity contribution in [2.24, 2.45) is 0 Å². The second-order valence-electron chi connectivity index (χ2n) is 6.41. The number of alkyl carbamates (subject to hydrolysis) is 1. The molecule has 1 rings (SSSR count). The first kappa shape index (κ1) is 18.7. The number of carbonyl (C=O) groups excluding carboxylic acids is 3. The van der Waals surface area contributed by atoms with E-state index in [0.717, 1.165) is 5.56 Å². The molecule has 0 aromatic heterocycles. The summed E-state index contributed by atoms with van der Waals surface area (Å²) in [5.41, 5.74) is 0.944. The lowest BCUT2D eigenvalue weighted by molar-refractivity contribution is -0.114. The third-order valence-electron chi connectivity index (χ3n) is 2.97. The zero-order valence-electron chi connectivity index (χ0n) is 14.4. The van der Waals surface area contributed by atoms with Crippen LogP contribution in [0.3, 0.4) is 0 Å². The molecule has 0 heterocycles. The number of aryl methyl sites for hydroxylation is 1. The summed E-state index contributed by atoms with van der Waals surface area (Å²) in [5, 5.41) is 5.18. The molecule has 0 fully saturated rings. The van der Waals surface area contributed by atoms with Crippen molar-refractivity contribution in [3.05, 3.63) is 29.3 Å². The minimum atomic E-state index is -0.779. The molecule has 0 aliphatic rings. The number of amides is 2. The highest BCUT2D eigenvalue weighted by Crippen LogP contribution is 2.22. The Balaban J connectivity index is 2.94. The molecule has 2 amide bonds. The molecule has 0 saturated heterocycles. The lowest BCUT2D eigenvalue weighted by Crippen LogP contribution is -2.42. The lowest BCUT2D eigenvalue weighted by Gasteiger charge is -2.22. The quantitative estimate of drug-likeness (QED) is 0.835. The Morgan fingerprint density at radius 1 is 1.17 bits per heavy atom. The first-order valence-corrected chi connectivity index (χ1v) is 7.42. The van der Waals surface area contributed by atoms with Gasteiger partial charge in [0, 0.05) is 12.5 Å². The number of rotatable bonds is 4. The van der Waals surface area contributed by atoms with E-state index >= 15 is 0 Å². The fourth-order valence-electron chi connectivity index (χ4n) is 2.00. The Morgan fingerprint density at radius 3 is 2.30 bits per heavy atom. The zero-order valence-corrected chi connectivity index (χ0v) is 14.4. The van der Waals surface area contributed by atoms with Crippen LogP contribution in [0.1, 0.15) is 50.5 Å². The molecule has 0 aliphatic carbocycles. The maximum absolute atomic E-state index is 12.6. The van der Waals surface area contributed by atoms with E-state index in [1.165, 1.54) is 6.92 Å². The van der Waals surface area contributed by atoms with Crippen LogP contribution in [0.15, 0.2) is 18.2 Å². The van der Waals surface area contributed by atoms with Crippen molar-refractivity contribution in [3.8, 4) is 0 Å². The van der Waals surface area contributed by atoms with Gasteiger partial charge in [0.1, 0.15) is 5.60 Å². The number of hydrogen-bond donors (Lipinski definition) is 2. The first-order chi connectivity index (χ1) is 10.5. The van der Waals surface area contributed by atoms with Crippen LogP contribution >= 0.6 is 0 Å². The molecule has 23 heavy (non-hydrogen) atoms. The molecule has 0 saturated carbocycles. The Morgan fingerprint density at radius 2 is 1.78 bits per heavy atom. The Kier molecular flexibility index (Phi) is 5.90. The van der Waals surface area contributed by atoms with E-state index in [2.05, 4.69) is 10.6 Å². The van der Waals surface area contributed by atoms with Gasteiger partial charge in [0.15, 0.2) is 5.78 Å². The van der Waals surface area contributed by atoms with Crippen molar-refractivity contribution in [2.45, 2.75) is 53.2 Å². The van der Waals surface area contributed by atoms with Crippen LogP contribution < -0.4 is 10.6 Å². The minimum Gasteiger partial charge on any atom is -0.444 e. The second kappa shape index (κ2) is 7.26. The summed E-state index contributed by atoms with van der Waals surface area (Å²) >= 11 is 0. The third-order valence-corrected chi connectivity index (χ3v) is 2.97. The fourth-order valence-corrected chi connectivity index (χ4v) is 2.00. The highest BCUT2D eigenvalue weighted by atomic mass is 16.6. The molecule has 0 bridgehead atoms. The predicted molar refractivity (Wildman–Crippen MR) is 88.6 cm³/mol. The van der Waals surface area contributed by atoms with Crippen LogP contribution in [0, 0.1) is 6.92 Å². The number of Topliss-reactive ketones (excluding diaryl/α,β-unsaturated/α-hetero) is 1. The molecule has 1 aromatic carbocycles. The normalized spacial score (nSPS) is 12.3. The van der Waals surface area contributed by atoms with Crippen molar-refractivity contribution in [2.75, 3.05) is 5.32 Å². The van der Waals surface area contributed by atoms with Crippen molar-refractivity contribution in [3.63, 3.8) is 0 Å². The average Bonchev–Trinajstić information content (AvgIpc) is 2.37. The number of hydrogen-bond acceptors (Lipinski definition) is 4. The van der Waals surface area contributed by atoms with Gasteiger partial charge in [-0.15, -0.1) is 0 Å². The molecule has 1 aromatic rings. The maximum atomic E-state index is 12.6. The second-order valence-corrected chi connectivity index (χ2v) is 6.41. The van der Waals surface area contributed by atoms with Crippen molar-refractivity contribution in [1.29, 1.82) is 0 Å². The number of ether oxygens (including phenoxy) is 1. The van der Waals surface area contributed by atoms with E-state index in [-0.39, 0.29) is 11.7 Å². The molecule has 2 N–H and O–H groups in total. The summed E-state index contributed by atoms with van der Waals surface area (Å²) < 4.78 is 5.14. The SMILES string of the molecule is CC(=O)Nc1c(C)cccc1C(=O)C(C)NC(=O)OC(C)(C)C. The van der Waals surface area contributed by atoms with Crippen molar-refractivity contribution >= 4 is 23.5 Å². The number of carbonyl (C=O) groups is 3. The van der Waals surface area contributed by atoms with Gasteiger partial charge in [-0.25, -0.2) is 4.79 Å². The van der Waals surface area contributed by atoms with Gasteiger partial charge in [-0.1, -0.05) is 12.1 Å². The zero-order chi connectivity index (χ0) is 17.8. The van der Waals surface area contributed by atoms with Gasteiger partial charge < -0.3 is 15.4 Å². The lowest BCUT2D eigenvalue weighted by atomic mass is 10.00. The van der Waals surface area contributed by atoms with Crippen molar-refractivity contribution < 1.29 is 19.1 Å². The molecule has 0 aliphatic heterocycles. The van der Waals surface area contributed by atoms with E-state index < -0.39 is 17.7 Å². The number of ketones is 1. The van der Waals surface area contributed by atoms with E-state index in [4.69, 9.17) is 4.74 Å². The highest BCUT2D eigenvalue weighted by Gasteiger charge is 2.24. The maximum Gasteiger partial charge on any atom is 0.408 e. The fraction of sp³-hybridized carbons (Fsp3) is 0.471. The summed E-state index contributed by atoms with van der Waals surface area (Å²) in [6, 6.07) is 4.37. The Labute approximate surface area is 136 Å². The minimum absolute atomic E-state index is 0.263. The van der Waals surface area contributed by atoms with Crippen LogP contribution in [-0.4, -0.2) is 29.4 Å². The molecular formula is C17H24N2O4. The molecule has 0 spiro atoms. The smallest absolute Gasteiger partial charge is 0.408 e. The van der Waals surface area contributed by atoms with Crippen LogP contribution in [0.25, 0.3) is 0 Å². The Bertz CT molecular complexity index is 618. The van der Waals surface area contributed by atoms with Gasteiger partial charge in [-0.05, 0) is 46.2 Å². The standard InChI is InChI=1S/C17H24N2O4/c1-10-8-7-9-13(14(10)19-12(3)20)15(21)11(2)18-16(22)23-17(4,5)6/h7-9,11H,1-6H3,(H,18,22)(H,19,20). The topological polar surface area (TPSA) is 84.5 Å². The van der Waals surface area contributed by atoms with Crippen LogP contribution in [0.4, 0.5) is 10.5 Å². The Hall–Kier alpha value is -2.37. The van der Waals surface area contributed by atoms with Gasteiger partial charge in [-0.2, -0.15) is 0 Å². The molecule has 6 heteroatoms. The monoisotopic (exact) mass is 320 g/mol. The number of anilines is 1. The van der Waals surface area contributed by atoms with Crippen LogP contribution in [0.2, 0.25) is 0 Å². The summed E-state index contributed by atoms with van der Waals surface area (Å²) in [6.07, 6.45) is -0.660. The van der Waals surface area contributed by atoms with Gasteiger partial charge in [-0.3, -0.25) is 9.59 Å². The average molecular weight is 320 g/mol. The number of nitrogens with one attached hydrogen (secondary N) is 2. The van der Waals surface area contributed by atoms with Gasteiger partial charge in [0.25, 0.3) is 0 Å². The summed E-state index contributed by atoms with van der Waals surface area (Å²) in [4.78, 5) is 35.7. The van der Waals surface area contributed by atoms with E-state index in [9.17, 15) is 14.4 Å². The number of para-hydroxylation sites is 1. The van der Waals surface area contributed by atoms with Gasteiger partial charge >= 0.3 is 6.09 Å². The van der Waals surface area contributed by atoms with E-state index in [1.807, 2.05) is 0 Å². The number of benzene rings is 1. The van der Waals surface area contributed by atoms with E-state index in [0.29, 0.717) is 11.3 Å². The molecule has 6 nitrogen and oxygen atoms in total. The molecule has 1 unspecified atom stereocenters. The van der Waals surface area contributed by atoms with Gasteiger partial charge in [0.2, 0.25) is 5.91 Å². The molecule has 1 atom stereocenters. The third kappa shape index (κ3) is 5.73. The summed E-state index contributed by atoms with van der Waals surface area (Å²) in [6.45, 7) is 9.99. The molecule has 0 radical (unpaired) electrons. The van der Waals surface area contributed by atoms with Crippen molar-refractivity contribution in [1.82, 2.24) is 5.32 Å². The molecule has 126 valence electrons. The first-order valence-electron chi connectivity index (χ1n) is 7.42. The predicted octanol–water partition coefficient (Wildman–Crippen LogP) is 3.05. The highest BCUT2D eigenvalue weighted by molar-refractivity contribution is 6.08. The van der Waals surface area contributed by atoms with E-state index in [1.54, 1.807) is 52.8 Å².